The van der Waals surface area contributed by atoms with E-state index in [1.54, 1.807) is 12.1 Å². The predicted octanol–water partition coefficient (Wildman–Crippen LogP) is 6.22. The second-order valence-electron chi connectivity index (χ2n) is 8.60. The SMILES string of the molecule is CCCC(CC[C@@H]1[C@@H](C)CCCC1(C)C)c1cc(O)ccc1C(=O)O. The summed E-state index contributed by atoms with van der Waals surface area (Å²) >= 11 is 0. The average Bonchev–Trinajstić information content (AvgIpc) is 2.52. The largest absolute Gasteiger partial charge is 0.508 e. The molecule has 0 radical (unpaired) electrons. The van der Waals surface area contributed by atoms with E-state index in [2.05, 4.69) is 27.7 Å². The lowest BCUT2D eigenvalue weighted by Gasteiger charge is -2.43. The molecule has 0 spiro atoms. The van der Waals surface area contributed by atoms with Crippen LogP contribution >= 0.6 is 0 Å². The maximum Gasteiger partial charge on any atom is 0.335 e. The van der Waals surface area contributed by atoms with Gasteiger partial charge in [0, 0.05) is 0 Å². The molecule has 0 saturated heterocycles. The Bertz CT molecular complexity index is 591. The van der Waals surface area contributed by atoms with Crippen molar-refractivity contribution < 1.29 is 15.0 Å². The van der Waals surface area contributed by atoms with Crippen molar-refractivity contribution in [2.75, 3.05) is 0 Å². The molecule has 1 aliphatic rings. The minimum Gasteiger partial charge on any atom is -0.508 e. The summed E-state index contributed by atoms with van der Waals surface area (Å²) in [5.74, 6) is 0.878. The number of benzene rings is 1. The summed E-state index contributed by atoms with van der Waals surface area (Å²) in [6.45, 7) is 9.29. The summed E-state index contributed by atoms with van der Waals surface area (Å²) in [4.78, 5) is 11.6. The number of phenols is 1. The maximum absolute atomic E-state index is 11.6. The third kappa shape index (κ3) is 4.77. The van der Waals surface area contributed by atoms with Gasteiger partial charge in [0.15, 0.2) is 0 Å². The summed E-state index contributed by atoms with van der Waals surface area (Å²) in [6.07, 6.45) is 8.02. The van der Waals surface area contributed by atoms with E-state index < -0.39 is 5.97 Å². The van der Waals surface area contributed by atoms with Crippen LogP contribution in [-0.2, 0) is 0 Å². The van der Waals surface area contributed by atoms with E-state index in [1.807, 2.05) is 0 Å². The van der Waals surface area contributed by atoms with Crippen LogP contribution in [0.3, 0.4) is 0 Å². The van der Waals surface area contributed by atoms with Gasteiger partial charge in [-0.3, -0.25) is 0 Å². The lowest BCUT2D eigenvalue weighted by Crippen LogP contribution is -2.33. The first kappa shape index (κ1) is 19.8. The standard InChI is InChI=1S/C22H34O3/c1-5-7-16(19-14-17(23)10-11-18(19)21(24)25)9-12-20-15(2)8-6-13-22(20,3)4/h10-11,14-16,20,23H,5-9,12-13H2,1-4H3,(H,24,25)/t15-,16?,20+/m0/s1. The van der Waals surface area contributed by atoms with Crippen molar-refractivity contribution in [3.8, 4) is 5.75 Å². The number of carboxylic acids is 1. The number of aromatic hydroxyl groups is 1. The Hall–Kier alpha value is -1.51. The van der Waals surface area contributed by atoms with E-state index in [4.69, 9.17) is 0 Å². The number of carboxylic acid groups (broad SMARTS) is 1. The van der Waals surface area contributed by atoms with E-state index in [0.717, 1.165) is 37.2 Å². The van der Waals surface area contributed by atoms with Gasteiger partial charge in [-0.05, 0) is 72.6 Å². The van der Waals surface area contributed by atoms with Crippen LogP contribution in [-0.4, -0.2) is 16.2 Å². The Morgan fingerprint density at radius 1 is 1.32 bits per heavy atom. The first-order valence-corrected chi connectivity index (χ1v) is 9.82. The molecular weight excluding hydrogens is 312 g/mol. The quantitative estimate of drug-likeness (QED) is 0.616. The summed E-state index contributed by atoms with van der Waals surface area (Å²) < 4.78 is 0. The van der Waals surface area contributed by atoms with Crippen molar-refractivity contribution in [1.82, 2.24) is 0 Å². The molecule has 140 valence electrons. The van der Waals surface area contributed by atoms with Crippen molar-refractivity contribution in [3.63, 3.8) is 0 Å². The molecule has 1 unspecified atom stereocenters. The molecule has 0 heterocycles. The van der Waals surface area contributed by atoms with Crippen LogP contribution in [0.2, 0.25) is 0 Å². The highest BCUT2D eigenvalue weighted by molar-refractivity contribution is 5.89. The molecule has 0 bridgehead atoms. The van der Waals surface area contributed by atoms with E-state index in [-0.39, 0.29) is 11.7 Å². The first-order chi connectivity index (χ1) is 11.8. The van der Waals surface area contributed by atoms with E-state index in [1.165, 1.54) is 25.3 Å². The molecule has 0 amide bonds. The van der Waals surface area contributed by atoms with Gasteiger partial charge in [0.1, 0.15) is 5.75 Å². The summed E-state index contributed by atoms with van der Waals surface area (Å²) in [7, 11) is 0. The van der Waals surface area contributed by atoms with Crippen LogP contribution in [0.4, 0.5) is 0 Å². The molecule has 1 aromatic rings. The zero-order valence-electron chi connectivity index (χ0n) is 16.2. The highest BCUT2D eigenvalue weighted by atomic mass is 16.4. The Labute approximate surface area is 152 Å². The van der Waals surface area contributed by atoms with Gasteiger partial charge >= 0.3 is 5.97 Å². The molecule has 0 aromatic heterocycles. The van der Waals surface area contributed by atoms with Crippen molar-refractivity contribution in [2.45, 2.75) is 78.6 Å². The smallest absolute Gasteiger partial charge is 0.335 e. The fourth-order valence-electron chi connectivity index (χ4n) is 4.98. The van der Waals surface area contributed by atoms with Crippen molar-refractivity contribution in [3.05, 3.63) is 29.3 Å². The summed E-state index contributed by atoms with van der Waals surface area (Å²) in [5, 5.41) is 19.4. The van der Waals surface area contributed by atoms with Gasteiger partial charge in [0.25, 0.3) is 0 Å². The predicted molar refractivity (Wildman–Crippen MR) is 102 cm³/mol. The number of hydrogen-bond acceptors (Lipinski definition) is 2. The Morgan fingerprint density at radius 3 is 2.64 bits per heavy atom. The van der Waals surface area contributed by atoms with Crippen LogP contribution < -0.4 is 0 Å². The molecule has 1 aliphatic carbocycles. The number of carbonyl (C=O) groups is 1. The molecule has 1 fully saturated rings. The normalized spacial score (nSPS) is 24.0. The van der Waals surface area contributed by atoms with E-state index >= 15 is 0 Å². The maximum atomic E-state index is 11.6. The van der Waals surface area contributed by atoms with Crippen molar-refractivity contribution in [1.29, 1.82) is 0 Å². The van der Waals surface area contributed by atoms with Gasteiger partial charge in [-0.25, -0.2) is 4.79 Å². The third-order valence-corrected chi connectivity index (χ3v) is 6.34. The molecule has 3 heteroatoms. The monoisotopic (exact) mass is 346 g/mol. The molecule has 25 heavy (non-hydrogen) atoms. The molecule has 2 rings (SSSR count). The minimum atomic E-state index is -0.900. The van der Waals surface area contributed by atoms with Gasteiger partial charge in [-0.2, -0.15) is 0 Å². The van der Waals surface area contributed by atoms with Crippen LogP contribution in [0.25, 0.3) is 0 Å². The Balaban J connectivity index is 2.21. The Morgan fingerprint density at radius 2 is 2.04 bits per heavy atom. The number of hydrogen-bond donors (Lipinski definition) is 2. The molecule has 0 aliphatic heterocycles. The zero-order valence-corrected chi connectivity index (χ0v) is 16.2. The van der Waals surface area contributed by atoms with Crippen LogP contribution in [0.15, 0.2) is 18.2 Å². The van der Waals surface area contributed by atoms with Gasteiger partial charge in [0.05, 0.1) is 5.56 Å². The number of aromatic carboxylic acids is 1. The molecule has 3 atom stereocenters. The highest BCUT2D eigenvalue weighted by Crippen LogP contribution is 2.47. The lowest BCUT2D eigenvalue weighted by atomic mass is 9.62. The Kier molecular flexibility index (Phi) is 6.53. The third-order valence-electron chi connectivity index (χ3n) is 6.34. The lowest BCUT2D eigenvalue weighted by molar-refractivity contribution is 0.0687. The van der Waals surface area contributed by atoms with Gasteiger partial charge in [0.2, 0.25) is 0 Å². The molecular formula is C22H34O3. The van der Waals surface area contributed by atoms with Gasteiger partial charge in [-0.1, -0.05) is 47.0 Å². The number of phenolic OH excluding ortho intramolecular Hbond substituents is 1. The van der Waals surface area contributed by atoms with Gasteiger partial charge in [-0.15, -0.1) is 0 Å². The second kappa shape index (κ2) is 8.25. The van der Waals surface area contributed by atoms with Crippen molar-refractivity contribution >= 4 is 5.97 Å². The highest BCUT2D eigenvalue weighted by Gasteiger charge is 2.36. The fourth-order valence-corrected chi connectivity index (χ4v) is 4.98. The average molecular weight is 347 g/mol. The van der Waals surface area contributed by atoms with Crippen LogP contribution in [0.5, 0.6) is 5.75 Å². The van der Waals surface area contributed by atoms with Crippen molar-refractivity contribution in [2.24, 2.45) is 17.3 Å². The van der Waals surface area contributed by atoms with Gasteiger partial charge < -0.3 is 10.2 Å². The minimum absolute atomic E-state index is 0.160. The topological polar surface area (TPSA) is 57.5 Å². The van der Waals surface area contributed by atoms with E-state index in [0.29, 0.717) is 16.9 Å². The summed E-state index contributed by atoms with van der Waals surface area (Å²) in [6, 6.07) is 4.68. The second-order valence-corrected chi connectivity index (χ2v) is 8.60. The van der Waals surface area contributed by atoms with Crippen LogP contribution in [0, 0.1) is 17.3 Å². The number of rotatable bonds is 7. The molecule has 2 N–H and O–H groups in total. The fraction of sp³-hybridized carbons (Fsp3) is 0.682. The molecule has 1 saturated carbocycles. The summed E-state index contributed by atoms with van der Waals surface area (Å²) in [5.41, 5.74) is 1.51. The molecule has 3 nitrogen and oxygen atoms in total. The van der Waals surface area contributed by atoms with E-state index in [9.17, 15) is 15.0 Å². The molecule has 1 aromatic carbocycles. The van der Waals surface area contributed by atoms with Crippen LogP contribution in [0.1, 0.15) is 94.5 Å². The zero-order chi connectivity index (χ0) is 18.6. The first-order valence-electron chi connectivity index (χ1n) is 9.82.